The fourth-order valence-electron chi connectivity index (χ4n) is 2.52. The molecule has 0 aliphatic carbocycles. The van der Waals surface area contributed by atoms with Crippen LogP contribution < -0.4 is 10.2 Å². The van der Waals surface area contributed by atoms with E-state index in [1.165, 1.54) is 0 Å². The zero-order valence-electron chi connectivity index (χ0n) is 11.5. The Morgan fingerprint density at radius 1 is 1.35 bits per heavy atom. The summed E-state index contributed by atoms with van der Waals surface area (Å²) in [6, 6.07) is 9.72. The molecule has 1 N–H and O–H groups in total. The lowest BCUT2D eigenvalue weighted by Crippen LogP contribution is -2.38. The normalized spacial score (nSPS) is 18.8. The van der Waals surface area contributed by atoms with E-state index in [2.05, 4.69) is 10.3 Å². The van der Waals surface area contributed by atoms with Gasteiger partial charge in [0.25, 0.3) is 0 Å². The van der Waals surface area contributed by atoms with Gasteiger partial charge in [0, 0.05) is 32.0 Å². The van der Waals surface area contributed by atoms with Crippen LogP contribution in [0.3, 0.4) is 0 Å². The molecule has 1 aliphatic rings. The first-order valence-corrected chi connectivity index (χ1v) is 6.81. The molecule has 1 aromatic carbocycles. The second-order valence-electron chi connectivity index (χ2n) is 5.04. The number of para-hydroxylation sites is 1. The largest absolute Gasteiger partial charge is 0.337 e. The highest BCUT2D eigenvalue weighted by atomic mass is 16.2. The van der Waals surface area contributed by atoms with E-state index in [4.69, 9.17) is 0 Å². The van der Waals surface area contributed by atoms with Crippen LogP contribution in [0.5, 0.6) is 0 Å². The van der Waals surface area contributed by atoms with E-state index in [0.29, 0.717) is 6.54 Å². The van der Waals surface area contributed by atoms with Crippen molar-refractivity contribution in [2.75, 3.05) is 11.4 Å². The average Bonchev–Trinajstić information content (AvgIpc) is 3.04. The van der Waals surface area contributed by atoms with Gasteiger partial charge in [-0.3, -0.25) is 4.79 Å². The minimum absolute atomic E-state index is 0.106. The molecule has 5 nitrogen and oxygen atoms in total. The van der Waals surface area contributed by atoms with Gasteiger partial charge in [-0.05, 0) is 18.6 Å². The number of imidazole rings is 1. The molecule has 1 aromatic heterocycles. The van der Waals surface area contributed by atoms with Crippen LogP contribution in [-0.4, -0.2) is 28.0 Å². The maximum absolute atomic E-state index is 12.4. The number of benzene rings is 1. The molecule has 0 bridgehead atoms. The van der Waals surface area contributed by atoms with Crippen molar-refractivity contribution in [1.29, 1.82) is 0 Å². The van der Waals surface area contributed by atoms with Crippen LogP contribution in [0.2, 0.25) is 0 Å². The van der Waals surface area contributed by atoms with Crippen molar-refractivity contribution in [3.8, 4) is 0 Å². The van der Waals surface area contributed by atoms with Crippen molar-refractivity contribution in [2.24, 2.45) is 7.05 Å². The lowest BCUT2D eigenvalue weighted by molar-refractivity contribution is -0.118. The van der Waals surface area contributed by atoms with Gasteiger partial charge in [0.15, 0.2) is 0 Å². The van der Waals surface area contributed by atoms with Crippen LogP contribution in [0, 0.1) is 0 Å². The summed E-state index contributed by atoms with van der Waals surface area (Å²) in [5, 5.41) is 3.32. The Kier molecular flexibility index (Phi) is 3.52. The van der Waals surface area contributed by atoms with E-state index < -0.39 is 0 Å². The topological polar surface area (TPSA) is 50.2 Å². The predicted molar refractivity (Wildman–Crippen MR) is 77.2 cm³/mol. The molecule has 2 heterocycles. The number of aromatic nitrogens is 2. The highest BCUT2D eigenvalue weighted by Crippen LogP contribution is 2.21. The van der Waals surface area contributed by atoms with Gasteiger partial charge in [-0.25, -0.2) is 4.98 Å². The minimum Gasteiger partial charge on any atom is -0.337 e. The Bertz CT molecular complexity index is 593. The highest BCUT2D eigenvalue weighted by molar-refractivity contribution is 5.99. The molecule has 3 rings (SSSR count). The molecule has 0 radical (unpaired) electrons. The Labute approximate surface area is 118 Å². The third-order valence-corrected chi connectivity index (χ3v) is 3.72. The van der Waals surface area contributed by atoms with E-state index in [-0.39, 0.29) is 11.9 Å². The fourth-order valence-corrected chi connectivity index (χ4v) is 2.52. The first-order chi connectivity index (χ1) is 9.75. The molecule has 1 saturated heterocycles. The summed E-state index contributed by atoms with van der Waals surface area (Å²) >= 11 is 0. The third-order valence-electron chi connectivity index (χ3n) is 3.72. The van der Waals surface area contributed by atoms with Gasteiger partial charge in [0.05, 0.1) is 18.1 Å². The smallest absolute Gasteiger partial charge is 0.244 e. The Hall–Kier alpha value is -2.14. The maximum Gasteiger partial charge on any atom is 0.244 e. The van der Waals surface area contributed by atoms with Gasteiger partial charge in [0.1, 0.15) is 0 Å². The molecular formula is C15H18N4O. The van der Waals surface area contributed by atoms with E-state index in [1.807, 2.05) is 53.0 Å². The average molecular weight is 270 g/mol. The molecule has 0 spiro atoms. The van der Waals surface area contributed by atoms with Gasteiger partial charge >= 0.3 is 0 Å². The molecule has 104 valence electrons. The summed E-state index contributed by atoms with van der Waals surface area (Å²) in [4.78, 5) is 18.3. The Morgan fingerprint density at radius 3 is 2.85 bits per heavy atom. The number of nitrogens with zero attached hydrogens (tertiary/aromatic N) is 3. The molecule has 1 aliphatic heterocycles. The third kappa shape index (κ3) is 2.44. The van der Waals surface area contributed by atoms with Crippen LogP contribution in [0.15, 0.2) is 42.9 Å². The first kappa shape index (κ1) is 12.9. The molecule has 1 fully saturated rings. The van der Waals surface area contributed by atoms with Gasteiger partial charge in [0.2, 0.25) is 5.91 Å². The molecule has 2 aromatic rings. The molecule has 1 amide bonds. The Morgan fingerprint density at radius 2 is 2.15 bits per heavy atom. The summed E-state index contributed by atoms with van der Waals surface area (Å²) < 4.78 is 1.96. The fraction of sp³-hybridized carbons (Fsp3) is 0.333. The molecule has 20 heavy (non-hydrogen) atoms. The quantitative estimate of drug-likeness (QED) is 0.911. The van der Waals surface area contributed by atoms with E-state index >= 15 is 0 Å². The lowest BCUT2D eigenvalue weighted by atomic mass is 10.2. The van der Waals surface area contributed by atoms with Crippen molar-refractivity contribution < 1.29 is 4.79 Å². The molecular weight excluding hydrogens is 252 g/mol. The zero-order chi connectivity index (χ0) is 13.9. The number of hydrogen-bond acceptors (Lipinski definition) is 3. The standard InChI is InChI=1S/C15H18N4O/c1-18-11-16-9-13(18)10-17-14-7-8-19(15(14)20)12-5-3-2-4-6-12/h2-6,9,11,14,17H,7-8,10H2,1H3/t14-/m0/s1. The lowest BCUT2D eigenvalue weighted by Gasteiger charge is -2.17. The number of amides is 1. The number of anilines is 1. The summed E-state index contributed by atoms with van der Waals surface area (Å²) in [5.41, 5.74) is 2.05. The van der Waals surface area contributed by atoms with E-state index in [9.17, 15) is 4.79 Å². The van der Waals surface area contributed by atoms with Crippen LogP contribution in [0.25, 0.3) is 0 Å². The second kappa shape index (κ2) is 5.46. The van der Waals surface area contributed by atoms with Crippen LogP contribution in [0.1, 0.15) is 12.1 Å². The van der Waals surface area contributed by atoms with Crippen molar-refractivity contribution >= 4 is 11.6 Å². The highest BCUT2D eigenvalue weighted by Gasteiger charge is 2.31. The predicted octanol–water partition coefficient (Wildman–Crippen LogP) is 1.32. The monoisotopic (exact) mass is 270 g/mol. The van der Waals surface area contributed by atoms with Gasteiger partial charge < -0.3 is 14.8 Å². The van der Waals surface area contributed by atoms with Gasteiger partial charge in [-0.1, -0.05) is 18.2 Å². The molecule has 0 unspecified atom stereocenters. The van der Waals surface area contributed by atoms with Crippen LogP contribution >= 0.6 is 0 Å². The summed E-state index contributed by atoms with van der Waals surface area (Å²) in [6.45, 7) is 1.43. The molecule has 5 heteroatoms. The maximum atomic E-state index is 12.4. The summed E-state index contributed by atoms with van der Waals surface area (Å²) in [6.07, 6.45) is 4.43. The van der Waals surface area contributed by atoms with E-state index in [0.717, 1.165) is 24.3 Å². The van der Waals surface area contributed by atoms with Crippen molar-refractivity contribution in [3.63, 3.8) is 0 Å². The van der Waals surface area contributed by atoms with Crippen LogP contribution in [-0.2, 0) is 18.4 Å². The molecule has 1 atom stereocenters. The number of rotatable bonds is 4. The van der Waals surface area contributed by atoms with Crippen LogP contribution in [0.4, 0.5) is 5.69 Å². The number of aryl methyl sites for hydroxylation is 1. The van der Waals surface area contributed by atoms with Crippen molar-refractivity contribution in [2.45, 2.75) is 19.0 Å². The van der Waals surface area contributed by atoms with Crippen molar-refractivity contribution in [3.05, 3.63) is 48.5 Å². The zero-order valence-corrected chi connectivity index (χ0v) is 11.5. The number of carbonyl (C=O) groups is 1. The number of hydrogen-bond donors (Lipinski definition) is 1. The van der Waals surface area contributed by atoms with Crippen molar-refractivity contribution in [1.82, 2.24) is 14.9 Å². The van der Waals surface area contributed by atoms with Gasteiger partial charge in [-0.2, -0.15) is 0 Å². The molecule has 0 saturated carbocycles. The Balaban J connectivity index is 1.63. The minimum atomic E-state index is -0.106. The summed E-state index contributed by atoms with van der Waals surface area (Å²) in [7, 11) is 1.96. The van der Waals surface area contributed by atoms with Gasteiger partial charge in [-0.15, -0.1) is 0 Å². The SMILES string of the molecule is Cn1cncc1CN[C@H]1CCN(c2ccccc2)C1=O. The number of nitrogens with one attached hydrogen (secondary N) is 1. The first-order valence-electron chi connectivity index (χ1n) is 6.81. The number of carbonyl (C=O) groups excluding carboxylic acids is 1. The second-order valence-corrected chi connectivity index (χ2v) is 5.04. The summed E-state index contributed by atoms with van der Waals surface area (Å²) in [5.74, 6) is 0.151. The van der Waals surface area contributed by atoms with E-state index in [1.54, 1.807) is 6.33 Å².